The van der Waals surface area contributed by atoms with Crippen LogP contribution in [0.25, 0.3) is 22.2 Å². The van der Waals surface area contributed by atoms with E-state index in [1.165, 1.54) is 19.3 Å². The molecule has 1 saturated carbocycles. The minimum atomic E-state index is -0.00214. The van der Waals surface area contributed by atoms with Crippen LogP contribution < -0.4 is 10.1 Å². The summed E-state index contributed by atoms with van der Waals surface area (Å²) in [6, 6.07) is 17.9. The van der Waals surface area contributed by atoms with E-state index in [0.717, 1.165) is 40.8 Å². The van der Waals surface area contributed by atoms with E-state index in [9.17, 15) is 4.79 Å². The van der Waals surface area contributed by atoms with Gasteiger partial charge in [-0.1, -0.05) is 37.5 Å². The molecule has 1 fully saturated rings. The van der Waals surface area contributed by atoms with Crippen molar-refractivity contribution in [3.63, 3.8) is 0 Å². The maximum Gasteiger partial charge on any atom is 0.252 e. The second kappa shape index (κ2) is 8.42. The molecule has 1 amide bonds. The van der Waals surface area contributed by atoms with E-state index in [2.05, 4.69) is 5.32 Å². The van der Waals surface area contributed by atoms with Gasteiger partial charge in [0.25, 0.3) is 5.91 Å². The van der Waals surface area contributed by atoms with E-state index in [0.29, 0.717) is 12.2 Å². The van der Waals surface area contributed by atoms with E-state index in [-0.39, 0.29) is 11.9 Å². The van der Waals surface area contributed by atoms with Crippen molar-refractivity contribution < 1.29 is 9.53 Å². The normalized spacial score (nSPS) is 14.8. The average molecular weight is 374 g/mol. The number of carbonyl (C=O) groups excluding carboxylic acids is 1. The van der Waals surface area contributed by atoms with Gasteiger partial charge < -0.3 is 10.1 Å². The van der Waals surface area contributed by atoms with Crippen LogP contribution in [0, 0.1) is 0 Å². The minimum absolute atomic E-state index is 0.00214. The zero-order valence-corrected chi connectivity index (χ0v) is 16.3. The SMILES string of the molecule is CCOc1ccc(-c2cc(C(=O)NC3CCCCC3)c3ccccc3n2)cc1. The fourth-order valence-corrected chi connectivity index (χ4v) is 3.91. The summed E-state index contributed by atoms with van der Waals surface area (Å²) in [7, 11) is 0. The molecule has 0 bridgehead atoms. The Morgan fingerprint density at radius 2 is 1.82 bits per heavy atom. The summed E-state index contributed by atoms with van der Waals surface area (Å²) in [5.74, 6) is 0.833. The monoisotopic (exact) mass is 374 g/mol. The third-order valence-corrected chi connectivity index (χ3v) is 5.36. The Morgan fingerprint density at radius 1 is 1.07 bits per heavy atom. The predicted molar refractivity (Wildman–Crippen MR) is 113 cm³/mol. The summed E-state index contributed by atoms with van der Waals surface area (Å²) >= 11 is 0. The molecule has 1 aromatic heterocycles. The van der Waals surface area contributed by atoms with E-state index in [1.54, 1.807) is 0 Å². The van der Waals surface area contributed by atoms with Crippen molar-refractivity contribution in [2.24, 2.45) is 0 Å². The van der Waals surface area contributed by atoms with Crippen LogP contribution in [0.3, 0.4) is 0 Å². The fourth-order valence-electron chi connectivity index (χ4n) is 3.91. The number of benzene rings is 2. The molecular weight excluding hydrogens is 348 g/mol. The standard InChI is InChI=1S/C24H26N2O2/c1-2-28-19-14-12-17(13-15-19)23-16-21(20-10-6-7-11-22(20)26-23)24(27)25-18-8-4-3-5-9-18/h6-7,10-16,18H,2-5,8-9H2,1H3,(H,25,27). The van der Waals surface area contributed by atoms with Gasteiger partial charge >= 0.3 is 0 Å². The van der Waals surface area contributed by atoms with Crippen molar-refractivity contribution in [1.82, 2.24) is 10.3 Å². The molecule has 0 atom stereocenters. The first kappa shape index (κ1) is 18.5. The van der Waals surface area contributed by atoms with Gasteiger partial charge in [0.15, 0.2) is 0 Å². The first-order valence-electron chi connectivity index (χ1n) is 10.2. The van der Waals surface area contributed by atoms with Gasteiger partial charge in [-0.05, 0) is 56.2 Å². The number of rotatable bonds is 5. The summed E-state index contributed by atoms with van der Waals surface area (Å²) in [6.45, 7) is 2.61. The molecule has 28 heavy (non-hydrogen) atoms. The van der Waals surface area contributed by atoms with Gasteiger partial charge in [-0.3, -0.25) is 4.79 Å². The Morgan fingerprint density at radius 3 is 2.57 bits per heavy atom. The van der Waals surface area contributed by atoms with Gasteiger partial charge in [0.05, 0.1) is 23.4 Å². The maximum absolute atomic E-state index is 13.1. The minimum Gasteiger partial charge on any atom is -0.494 e. The van der Waals surface area contributed by atoms with Crippen LogP contribution in [0.2, 0.25) is 0 Å². The van der Waals surface area contributed by atoms with Gasteiger partial charge in [-0.25, -0.2) is 4.98 Å². The number of hydrogen-bond acceptors (Lipinski definition) is 3. The highest BCUT2D eigenvalue weighted by Gasteiger charge is 2.19. The van der Waals surface area contributed by atoms with Gasteiger partial charge in [-0.15, -0.1) is 0 Å². The number of amides is 1. The number of aromatic nitrogens is 1. The summed E-state index contributed by atoms with van der Waals surface area (Å²) in [5, 5.41) is 4.14. The van der Waals surface area contributed by atoms with E-state index in [1.807, 2.05) is 61.5 Å². The molecule has 1 N–H and O–H groups in total. The number of para-hydroxylation sites is 1. The van der Waals surface area contributed by atoms with E-state index < -0.39 is 0 Å². The third-order valence-electron chi connectivity index (χ3n) is 5.36. The molecule has 144 valence electrons. The topological polar surface area (TPSA) is 51.2 Å². The quantitative estimate of drug-likeness (QED) is 0.654. The molecule has 4 nitrogen and oxygen atoms in total. The summed E-state index contributed by atoms with van der Waals surface area (Å²) in [5.41, 5.74) is 3.30. The van der Waals surface area contributed by atoms with Gasteiger partial charge in [0.2, 0.25) is 0 Å². The number of nitrogens with zero attached hydrogens (tertiary/aromatic N) is 1. The smallest absolute Gasteiger partial charge is 0.252 e. The molecule has 0 spiro atoms. The van der Waals surface area contributed by atoms with Gasteiger partial charge in [-0.2, -0.15) is 0 Å². The molecule has 4 heteroatoms. The lowest BCUT2D eigenvalue weighted by Gasteiger charge is -2.23. The number of nitrogens with one attached hydrogen (secondary N) is 1. The number of hydrogen-bond donors (Lipinski definition) is 1. The summed E-state index contributed by atoms with van der Waals surface area (Å²) in [4.78, 5) is 17.9. The molecule has 0 aliphatic heterocycles. The second-order valence-electron chi connectivity index (χ2n) is 7.34. The summed E-state index contributed by atoms with van der Waals surface area (Å²) < 4.78 is 5.53. The zero-order valence-electron chi connectivity index (χ0n) is 16.3. The third kappa shape index (κ3) is 4.01. The van der Waals surface area contributed by atoms with E-state index in [4.69, 9.17) is 9.72 Å². The van der Waals surface area contributed by atoms with Crippen LogP contribution in [0.1, 0.15) is 49.4 Å². The maximum atomic E-state index is 13.1. The summed E-state index contributed by atoms with van der Waals surface area (Å²) in [6.07, 6.45) is 5.80. The Balaban J connectivity index is 1.69. The van der Waals surface area contributed by atoms with Crippen molar-refractivity contribution >= 4 is 16.8 Å². The largest absolute Gasteiger partial charge is 0.494 e. The Kier molecular flexibility index (Phi) is 5.56. The lowest BCUT2D eigenvalue weighted by atomic mass is 9.95. The Bertz CT molecular complexity index is 960. The van der Waals surface area contributed by atoms with Crippen LogP contribution in [0.15, 0.2) is 54.6 Å². The van der Waals surface area contributed by atoms with Crippen molar-refractivity contribution in [3.05, 3.63) is 60.2 Å². The highest BCUT2D eigenvalue weighted by atomic mass is 16.5. The molecule has 0 unspecified atom stereocenters. The molecule has 1 aliphatic carbocycles. The van der Waals surface area contributed by atoms with Crippen LogP contribution in [0.4, 0.5) is 0 Å². The van der Waals surface area contributed by atoms with Crippen molar-refractivity contribution in [2.45, 2.75) is 45.1 Å². The van der Waals surface area contributed by atoms with Crippen LogP contribution >= 0.6 is 0 Å². The van der Waals surface area contributed by atoms with Crippen LogP contribution in [-0.2, 0) is 0 Å². The van der Waals surface area contributed by atoms with Crippen LogP contribution in [0.5, 0.6) is 5.75 Å². The molecule has 1 aliphatic rings. The van der Waals surface area contributed by atoms with E-state index >= 15 is 0 Å². The zero-order chi connectivity index (χ0) is 19.3. The number of pyridine rings is 1. The van der Waals surface area contributed by atoms with Crippen molar-refractivity contribution in [2.75, 3.05) is 6.61 Å². The van der Waals surface area contributed by atoms with Crippen molar-refractivity contribution in [3.8, 4) is 17.0 Å². The Hall–Kier alpha value is -2.88. The number of fused-ring (bicyclic) bond motifs is 1. The second-order valence-corrected chi connectivity index (χ2v) is 7.34. The Labute approximate surface area is 165 Å². The highest BCUT2D eigenvalue weighted by molar-refractivity contribution is 6.07. The molecule has 1 heterocycles. The molecule has 0 radical (unpaired) electrons. The molecule has 4 rings (SSSR count). The van der Waals surface area contributed by atoms with Gasteiger partial charge in [0.1, 0.15) is 5.75 Å². The first-order chi connectivity index (χ1) is 13.7. The lowest BCUT2D eigenvalue weighted by molar-refractivity contribution is 0.0929. The number of carbonyl (C=O) groups is 1. The molecular formula is C24H26N2O2. The average Bonchev–Trinajstić information content (AvgIpc) is 2.74. The van der Waals surface area contributed by atoms with Crippen LogP contribution in [-0.4, -0.2) is 23.5 Å². The van der Waals surface area contributed by atoms with Crippen molar-refractivity contribution in [1.29, 1.82) is 0 Å². The molecule has 3 aromatic rings. The fraction of sp³-hybridized carbons (Fsp3) is 0.333. The lowest BCUT2D eigenvalue weighted by Crippen LogP contribution is -2.36. The van der Waals surface area contributed by atoms with Gasteiger partial charge in [0, 0.05) is 17.0 Å². The molecule has 2 aromatic carbocycles. The molecule has 0 saturated heterocycles. The predicted octanol–water partition coefficient (Wildman–Crippen LogP) is 5.36. The number of ether oxygens (including phenoxy) is 1. The first-order valence-corrected chi connectivity index (χ1v) is 10.2. The highest BCUT2D eigenvalue weighted by Crippen LogP contribution is 2.27.